The van der Waals surface area contributed by atoms with Crippen molar-refractivity contribution in [3.8, 4) is 11.8 Å². The molecule has 114 valence electrons. The second kappa shape index (κ2) is 6.40. The molecule has 1 fully saturated rings. The van der Waals surface area contributed by atoms with Gasteiger partial charge in [0.15, 0.2) is 11.6 Å². The maximum absolute atomic E-state index is 13.6. The van der Waals surface area contributed by atoms with Gasteiger partial charge in [0, 0.05) is 18.5 Å². The van der Waals surface area contributed by atoms with E-state index in [1.807, 2.05) is 13.8 Å². The van der Waals surface area contributed by atoms with Gasteiger partial charge in [-0.25, -0.2) is 8.78 Å². The van der Waals surface area contributed by atoms with Crippen molar-refractivity contribution in [2.75, 3.05) is 0 Å². The van der Waals surface area contributed by atoms with Crippen LogP contribution in [-0.4, -0.2) is 17.7 Å². The number of nitriles is 1. The highest BCUT2D eigenvalue weighted by molar-refractivity contribution is 5.25. The number of ether oxygens (including phenoxy) is 1. The lowest BCUT2D eigenvalue weighted by Gasteiger charge is -2.37. The third-order valence-electron chi connectivity index (χ3n) is 3.67. The molecule has 0 radical (unpaired) electrons. The van der Waals surface area contributed by atoms with E-state index >= 15 is 0 Å². The molecule has 1 N–H and O–H groups in total. The summed E-state index contributed by atoms with van der Waals surface area (Å²) < 4.78 is 32.4. The van der Waals surface area contributed by atoms with Gasteiger partial charge in [-0.05, 0) is 45.2 Å². The number of rotatable bonds is 4. The fourth-order valence-electron chi connectivity index (χ4n) is 2.89. The monoisotopic (exact) mass is 294 g/mol. The van der Waals surface area contributed by atoms with Crippen molar-refractivity contribution in [1.29, 1.82) is 5.26 Å². The Kier molecular flexibility index (Phi) is 4.79. The predicted octanol–water partition coefficient (Wildman–Crippen LogP) is 3.55. The molecule has 1 saturated carbocycles. The van der Waals surface area contributed by atoms with Gasteiger partial charge in [0.05, 0.1) is 6.07 Å². The molecular weight excluding hydrogens is 274 g/mol. The van der Waals surface area contributed by atoms with Crippen LogP contribution in [0.3, 0.4) is 0 Å². The third-order valence-corrected chi connectivity index (χ3v) is 3.67. The Labute approximate surface area is 123 Å². The van der Waals surface area contributed by atoms with Crippen LogP contribution in [0, 0.1) is 23.0 Å². The van der Waals surface area contributed by atoms with Crippen molar-refractivity contribution in [2.45, 2.75) is 57.2 Å². The van der Waals surface area contributed by atoms with Gasteiger partial charge >= 0.3 is 0 Å². The molecular formula is C16H20F2N2O. The van der Waals surface area contributed by atoms with Gasteiger partial charge in [-0.1, -0.05) is 0 Å². The Hall–Kier alpha value is -1.67. The van der Waals surface area contributed by atoms with Crippen molar-refractivity contribution in [3.63, 3.8) is 0 Å². The van der Waals surface area contributed by atoms with Crippen molar-refractivity contribution < 1.29 is 13.5 Å². The minimum absolute atomic E-state index is 0.0849. The molecule has 3 nitrogen and oxygen atoms in total. The number of nitrogens with one attached hydrogen (secondary N) is 1. The summed E-state index contributed by atoms with van der Waals surface area (Å²) in [6, 6.07) is 5.67. The van der Waals surface area contributed by atoms with Crippen LogP contribution in [0.1, 0.15) is 39.5 Å². The fraction of sp³-hybridized carbons (Fsp3) is 0.562. The van der Waals surface area contributed by atoms with Crippen LogP contribution in [0.25, 0.3) is 0 Å². The standard InChI is InChI=1S/C16H20F2N2O/c1-11(2)20-16(10-19)7-3-4-13(9-16)21-15-8-12(17)5-6-14(15)18/h5-6,8,11,13,20H,3-4,7,9H2,1-2H3. The van der Waals surface area contributed by atoms with Crippen LogP contribution < -0.4 is 10.1 Å². The molecule has 1 aliphatic carbocycles. The topological polar surface area (TPSA) is 45.0 Å². The van der Waals surface area contributed by atoms with Crippen LogP contribution in [0.4, 0.5) is 8.78 Å². The molecule has 1 aliphatic rings. The van der Waals surface area contributed by atoms with E-state index in [9.17, 15) is 14.0 Å². The maximum Gasteiger partial charge on any atom is 0.165 e. The Morgan fingerprint density at radius 1 is 1.43 bits per heavy atom. The Bertz CT molecular complexity index is 542. The van der Waals surface area contributed by atoms with Gasteiger partial charge in [-0.3, -0.25) is 5.32 Å². The third kappa shape index (κ3) is 3.92. The van der Waals surface area contributed by atoms with Gasteiger partial charge < -0.3 is 4.74 Å². The molecule has 2 atom stereocenters. The summed E-state index contributed by atoms with van der Waals surface area (Å²) in [5, 5.41) is 12.7. The summed E-state index contributed by atoms with van der Waals surface area (Å²) in [7, 11) is 0. The van der Waals surface area contributed by atoms with Gasteiger partial charge in [0.25, 0.3) is 0 Å². The second-order valence-electron chi connectivity index (χ2n) is 5.90. The van der Waals surface area contributed by atoms with E-state index in [4.69, 9.17) is 4.74 Å². The van der Waals surface area contributed by atoms with E-state index in [1.54, 1.807) is 0 Å². The van der Waals surface area contributed by atoms with Crippen LogP contribution in [0.15, 0.2) is 18.2 Å². The average Bonchev–Trinajstić information content (AvgIpc) is 2.42. The van der Waals surface area contributed by atoms with E-state index in [2.05, 4.69) is 11.4 Å². The summed E-state index contributed by atoms with van der Waals surface area (Å²) in [5.74, 6) is -1.20. The van der Waals surface area contributed by atoms with Crippen LogP contribution in [0.2, 0.25) is 0 Å². The zero-order valence-corrected chi connectivity index (χ0v) is 12.3. The van der Waals surface area contributed by atoms with E-state index in [1.165, 1.54) is 0 Å². The second-order valence-corrected chi connectivity index (χ2v) is 5.90. The number of halogens is 2. The molecule has 21 heavy (non-hydrogen) atoms. The highest BCUT2D eigenvalue weighted by Crippen LogP contribution is 2.32. The van der Waals surface area contributed by atoms with E-state index in [0.717, 1.165) is 37.5 Å². The van der Waals surface area contributed by atoms with Crippen LogP contribution >= 0.6 is 0 Å². The first-order chi connectivity index (χ1) is 9.94. The predicted molar refractivity (Wildman–Crippen MR) is 75.9 cm³/mol. The number of nitrogens with zero attached hydrogens (tertiary/aromatic N) is 1. The highest BCUT2D eigenvalue weighted by atomic mass is 19.1. The Morgan fingerprint density at radius 3 is 2.86 bits per heavy atom. The summed E-state index contributed by atoms with van der Waals surface area (Å²) in [4.78, 5) is 0. The summed E-state index contributed by atoms with van der Waals surface area (Å²) in [6.45, 7) is 3.96. The summed E-state index contributed by atoms with van der Waals surface area (Å²) >= 11 is 0. The Morgan fingerprint density at radius 2 is 2.19 bits per heavy atom. The molecule has 1 aromatic carbocycles. The molecule has 1 aromatic rings. The SMILES string of the molecule is CC(C)NC1(C#N)CCCC(Oc2cc(F)ccc2F)C1. The molecule has 0 bridgehead atoms. The van der Waals surface area contributed by atoms with E-state index in [-0.39, 0.29) is 17.9 Å². The first kappa shape index (κ1) is 15.7. The molecule has 5 heteroatoms. The minimum atomic E-state index is -0.652. The average molecular weight is 294 g/mol. The molecule has 0 saturated heterocycles. The first-order valence-electron chi connectivity index (χ1n) is 7.25. The molecule has 0 heterocycles. The lowest BCUT2D eigenvalue weighted by molar-refractivity contribution is 0.104. The molecule has 0 aliphatic heterocycles. The van der Waals surface area contributed by atoms with Crippen molar-refractivity contribution in [2.24, 2.45) is 0 Å². The van der Waals surface area contributed by atoms with Gasteiger partial charge in [0.2, 0.25) is 0 Å². The number of hydrogen-bond donors (Lipinski definition) is 1. The summed E-state index contributed by atoms with van der Waals surface area (Å²) in [6.07, 6.45) is 2.47. The minimum Gasteiger partial charge on any atom is -0.487 e. The molecule has 0 spiro atoms. The Balaban J connectivity index is 2.11. The van der Waals surface area contributed by atoms with E-state index < -0.39 is 17.2 Å². The van der Waals surface area contributed by atoms with Crippen LogP contribution in [0.5, 0.6) is 5.75 Å². The molecule has 0 amide bonds. The van der Waals surface area contributed by atoms with Crippen molar-refractivity contribution >= 4 is 0 Å². The quantitative estimate of drug-likeness (QED) is 0.923. The highest BCUT2D eigenvalue weighted by Gasteiger charge is 2.38. The van der Waals surface area contributed by atoms with Crippen molar-refractivity contribution in [3.05, 3.63) is 29.8 Å². The largest absolute Gasteiger partial charge is 0.487 e. The van der Waals surface area contributed by atoms with Gasteiger partial charge in [0.1, 0.15) is 17.5 Å². The lowest BCUT2D eigenvalue weighted by atomic mass is 9.80. The molecule has 0 aromatic heterocycles. The van der Waals surface area contributed by atoms with Crippen LogP contribution in [-0.2, 0) is 0 Å². The van der Waals surface area contributed by atoms with Gasteiger partial charge in [-0.2, -0.15) is 5.26 Å². The van der Waals surface area contributed by atoms with Crippen molar-refractivity contribution in [1.82, 2.24) is 5.32 Å². The normalized spacial score (nSPS) is 25.6. The number of hydrogen-bond acceptors (Lipinski definition) is 3. The first-order valence-corrected chi connectivity index (χ1v) is 7.25. The zero-order chi connectivity index (χ0) is 15.5. The molecule has 2 unspecified atom stereocenters. The zero-order valence-electron chi connectivity index (χ0n) is 12.3. The van der Waals surface area contributed by atoms with Gasteiger partial charge in [-0.15, -0.1) is 0 Å². The lowest BCUT2D eigenvalue weighted by Crippen LogP contribution is -2.52. The fourth-order valence-corrected chi connectivity index (χ4v) is 2.89. The van der Waals surface area contributed by atoms with E-state index in [0.29, 0.717) is 6.42 Å². The maximum atomic E-state index is 13.6. The smallest absolute Gasteiger partial charge is 0.165 e. The number of benzene rings is 1. The molecule has 2 rings (SSSR count). The summed E-state index contributed by atoms with van der Waals surface area (Å²) in [5.41, 5.74) is -0.652.